The Kier molecular flexibility index (Phi) is 10.0. The molecule has 0 radical (unpaired) electrons. The van der Waals surface area contributed by atoms with Crippen LogP contribution in [0.1, 0.15) is 46.3 Å². The van der Waals surface area contributed by atoms with Crippen LogP contribution in [0.3, 0.4) is 0 Å². The molecule has 3 N–H and O–H groups in total. The van der Waals surface area contributed by atoms with E-state index in [1.54, 1.807) is 4.90 Å². The number of alkyl halides is 6. The Hall–Kier alpha value is -3.82. The molecule has 0 bridgehead atoms. The van der Waals surface area contributed by atoms with Gasteiger partial charge >= 0.3 is 12.5 Å². The zero-order valence-electron chi connectivity index (χ0n) is 23.8. The Morgan fingerprint density at radius 3 is 2.20 bits per heavy atom. The molecule has 3 aromatic carbocycles. The van der Waals surface area contributed by atoms with E-state index in [1.165, 1.54) is 49.4 Å². The van der Waals surface area contributed by atoms with Crippen LogP contribution in [-0.4, -0.2) is 63.5 Å². The van der Waals surface area contributed by atoms with Gasteiger partial charge in [-0.05, 0) is 65.7 Å². The second-order valence-electron chi connectivity index (χ2n) is 10.4. The molecule has 8 nitrogen and oxygen atoms in total. The molecule has 0 saturated carbocycles. The summed E-state index contributed by atoms with van der Waals surface area (Å²) in [5, 5.41) is 10.4. The third-order valence-electron chi connectivity index (χ3n) is 7.51. The number of nitrogens with two attached hydrogens (primary N) is 1. The van der Waals surface area contributed by atoms with Crippen molar-refractivity contribution in [2.45, 2.75) is 48.8 Å². The van der Waals surface area contributed by atoms with Crippen molar-refractivity contribution in [3.8, 4) is 5.75 Å². The van der Waals surface area contributed by atoms with E-state index in [-0.39, 0.29) is 40.5 Å². The summed E-state index contributed by atoms with van der Waals surface area (Å²) in [4.78, 5) is 14.0. The molecule has 1 heterocycles. The van der Waals surface area contributed by atoms with Crippen molar-refractivity contribution in [1.29, 1.82) is 0 Å². The molecule has 15 heteroatoms. The topological polar surface area (TPSA) is 119 Å². The summed E-state index contributed by atoms with van der Waals surface area (Å²) >= 11 is 0. The SMILES string of the molecule is CCS(=O)(=O)c1ccc([C@@H](CO)c2cc(N3C[C@H](Oc4ccc(C(F)(F)F)cc4)C[C@H]3COC(F)(F)F)ccc2C(N)=O)cc1. The molecule has 1 aliphatic rings. The molecular formula is C30H30F6N2O6S. The lowest BCUT2D eigenvalue weighted by atomic mass is 9.88. The highest BCUT2D eigenvalue weighted by Gasteiger charge is 2.39. The number of hydrogen-bond acceptors (Lipinski definition) is 7. The van der Waals surface area contributed by atoms with Crippen molar-refractivity contribution < 1.29 is 54.1 Å². The van der Waals surface area contributed by atoms with Crippen molar-refractivity contribution in [3.63, 3.8) is 0 Å². The first-order valence-electron chi connectivity index (χ1n) is 13.7. The van der Waals surface area contributed by atoms with E-state index in [4.69, 9.17) is 10.5 Å². The molecule has 4 rings (SSSR count). The van der Waals surface area contributed by atoms with E-state index in [9.17, 15) is 44.7 Å². The predicted molar refractivity (Wildman–Crippen MR) is 152 cm³/mol. The van der Waals surface area contributed by atoms with Crippen LogP contribution in [0.4, 0.5) is 32.0 Å². The average molecular weight is 661 g/mol. The van der Waals surface area contributed by atoms with Gasteiger partial charge in [-0.25, -0.2) is 8.42 Å². The number of rotatable bonds is 11. The molecule has 1 saturated heterocycles. The number of amides is 1. The third kappa shape index (κ3) is 8.27. The molecule has 3 aromatic rings. The van der Waals surface area contributed by atoms with E-state index < -0.39 is 65.1 Å². The van der Waals surface area contributed by atoms with Crippen LogP contribution in [0.15, 0.2) is 71.6 Å². The fourth-order valence-electron chi connectivity index (χ4n) is 5.24. The van der Waals surface area contributed by atoms with Crippen LogP contribution in [0.2, 0.25) is 0 Å². The molecule has 0 unspecified atom stereocenters. The largest absolute Gasteiger partial charge is 0.522 e. The third-order valence-corrected chi connectivity index (χ3v) is 9.26. The lowest BCUT2D eigenvalue weighted by molar-refractivity contribution is -0.325. The van der Waals surface area contributed by atoms with E-state index >= 15 is 0 Å². The summed E-state index contributed by atoms with van der Waals surface area (Å²) in [6.45, 7) is 0.189. The standard InChI is InChI=1S/C30H30F6N2O6S/c1-2-45(41,42)24-10-3-18(4-11-24)27(16-39)26-14-20(7-12-25(26)28(37)40)38-15-23(13-21(38)17-43-30(34,35)36)44-22-8-5-19(6-9-22)29(31,32)33/h3-12,14,21,23,27,39H,2,13,15-17H2,1H3,(H2,37,40)/t21-,23+,27+/m0/s1. The normalized spacial score (nSPS) is 18.2. The Bertz CT molecular complexity index is 1600. The summed E-state index contributed by atoms with van der Waals surface area (Å²) in [7, 11) is -3.51. The fraction of sp³-hybridized carbons (Fsp3) is 0.367. The molecule has 0 spiro atoms. The predicted octanol–water partition coefficient (Wildman–Crippen LogP) is 5.28. The van der Waals surface area contributed by atoms with Crippen molar-refractivity contribution in [2.24, 2.45) is 5.73 Å². The molecule has 244 valence electrons. The van der Waals surface area contributed by atoms with Gasteiger partial charge in [0.15, 0.2) is 9.84 Å². The first kappa shape index (κ1) is 34.1. The van der Waals surface area contributed by atoms with E-state index in [1.807, 2.05) is 0 Å². The maximum atomic E-state index is 13.0. The minimum absolute atomic E-state index is 0.00955. The van der Waals surface area contributed by atoms with Crippen LogP contribution in [0, 0.1) is 0 Å². The minimum atomic E-state index is -4.93. The minimum Gasteiger partial charge on any atom is -0.489 e. The van der Waals surface area contributed by atoms with Gasteiger partial charge in [-0.1, -0.05) is 19.1 Å². The molecule has 1 fully saturated rings. The van der Waals surface area contributed by atoms with E-state index in [2.05, 4.69) is 4.74 Å². The number of carbonyl (C=O) groups is 1. The Balaban J connectivity index is 1.67. The Labute approximate surface area is 255 Å². The monoisotopic (exact) mass is 660 g/mol. The quantitative estimate of drug-likeness (QED) is 0.269. The number of primary amides is 1. The molecule has 3 atom stereocenters. The van der Waals surface area contributed by atoms with Gasteiger partial charge in [-0.2, -0.15) is 13.2 Å². The van der Waals surface area contributed by atoms with Gasteiger partial charge in [-0.3, -0.25) is 9.53 Å². The molecule has 1 aliphatic heterocycles. The lowest BCUT2D eigenvalue weighted by Crippen LogP contribution is -2.35. The number of benzene rings is 3. The van der Waals surface area contributed by atoms with E-state index in [0.717, 1.165) is 24.3 Å². The summed E-state index contributed by atoms with van der Waals surface area (Å²) in [5.74, 6) is -1.73. The number of nitrogens with zero attached hydrogens (tertiary/aromatic N) is 1. The summed E-state index contributed by atoms with van der Waals surface area (Å²) in [6, 6.07) is 13.1. The second-order valence-corrected chi connectivity index (χ2v) is 12.7. The van der Waals surface area contributed by atoms with Crippen LogP contribution in [0.25, 0.3) is 0 Å². The highest BCUT2D eigenvalue weighted by Crippen LogP contribution is 2.36. The van der Waals surface area contributed by atoms with Gasteiger partial charge < -0.3 is 20.5 Å². The maximum Gasteiger partial charge on any atom is 0.522 e. The van der Waals surface area contributed by atoms with Crippen molar-refractivity contribution in [3.05, 3.63) is 89.0 Å². The van der Waals surface area contributed by atoms with Crippen molar-refractivity contribution in [1.82, 2.24) is 0 Å². The van der Waals surface area contributed by atoms with Gasteiger partial charge in [-0.15, -0.1) is 13.2 Å². The first-order valence-corrected chi connectivity index (χ1v) is 15.4. The Morgan fingerprint density at radius 1 is 1.02 bits per heavy atom. The van der Waals surface area contributed by atoms with Crippen LogP contribution >= 0.6 is 0 Å². The number of sulfone groups is 1. The molecule has 45 heavy (non-hydrogen) atoms. The number of carbonyl (C=O) groups excluding carboxylic acids is 1. The van der Waals surface area contributed by atoms with Gasteiger partial charge in [0, 0.05) is 23.6 Å². The summed E-state index contributed by atoms with van der Waals surface area (Å²) in [6.07, 6.45) is -10.2. The molecule has 0 aliphatic carbocycles. The lowest BCUT2D eigenvalue weighted by Gasteiger charge is -2.28. The Morgan fingerprint density at radius 2 is 1.67 bits per heavy atom. The number of aliphatic hydroxyl groups is 1. The molecule has 0 aromatic heterocycles. The zero-order chi connectivity index (χ0) is 33.2. The first-order chi connectivity index (χ1) is 21.0. The number of halogens is 6. The number of aliphatic hydroxyl groups excluding tert-OH is 1. The van der Waals surface area contributed by atoms with Gasteiger partial charge in [0.1, 0.15) is 11.9 Å². The average Bonchev–Trinajstić information content (AvgIpc) is 3.38. The second kappa shape index (κ2) is 13.3. The van der Waals surface area contributed by atoms with Gasteiger partial charge in [0.05, 0.1) is 42.0 Å². The van der Waals surface area contributed by atoms with Crippen LogP contribution in [0.5, 0.6) is 5.75 Å². The number of anilines is 1. The van der Waals surface area contributed by atoms with Crippen LogP contribution in [-0.2, 0) is 20.8 Å². The zero-order valence-corrected chi connectivity index (χ0v) is 24.6. The smallest absolute Gasteiger partial charge is 0.489 e. The van der Waals surface area contributed by atoms with Crippen molar-refractivity contribution in [2.75, 3.05) is 30.4 Å². The van der Waals surface area contributed by atoms with Gasteiger partial charge in [0.25, 0.3) is 0 Å². The number of ether oxygens (including phenoxy) is 2. The van der Waals surface area contributed by atoms with Crippen LogP contribution < -0.4 is 15.4 Å². The highest BCUT2D eigenvalue weighted by atomic mass is 32.2. The van der Waals surface area contributed by atoms with Gasteiger partial charge in [0.2, 0.25) is 5.91 Å². The van der Waals surface area contributed by atoms with Crippen molar-refractivity contribution >= 4 is 21.4 Å². The fourth-order valence-corrected chi connectivity index (χ4v) is 6.12. The number of hydrogen-bond donors (Lipinski definition) is 2. The maximum absolute atomic E-state index is 13.0. The van der Waals surface area contributed by atoms with E-state index in [0.29, 0.717) is 11.3 Å². The summed E-state index contributed by atoms with van der Waals surface area (Å²) in [5.41, 5.74) is 5.79. The highest BCUT2D eigenvalue weighted by molar-refractivity contribution is 7.91. The summed E-state index contributed by atoms with van der Waals surface area (Å²) < 4.78 is 112. The molecule has 1 amide bonds. The molecular weight excluding hydrogens is 630 g/mol.